The maximum Gasteiger partial charge on any atom is 1.00 e. The van der Waals surface area contributed by atoms with Crippen LogP contribution in [0.2, 0.25) is 0 Å². The van der Waals surface area contributed by atoms with Crippen LogP contribution >= 0.6 is 0 Å². The summed E-state index contributed by atoms with van der Waals surface area (Å²) in [7, 11) is 0. The Labute approximate surface area is 59.8 Å². The van der Waals surface area contributed by atoms with Crippen LogP contribution in [-0.2, 0) is 4.79 Å². The molecule has 6 heavy (non-hydrogen) atoms. The Morgan fingerprint density at radius 2 is 1.67 bits per heavy atom. The van der Waals surface area contributed by atoms with Gasteiger partial charge in [0.15, 0.2) is 0 Å². The molecule has 0 unspecified atom stereocenters. The molecule has 0 amide bonds. The molecule has 0 N–H and O–H groups in total. The third-order valence-electron chi connectivity index (χ3n) is 0. The first-order valence-corrected chi connectivity index (χ1v) is 0.908. The second-order valence-electron chi connectivity index (χ2n) is 0.492. The minimum atomic E-state index is -1.08. The van der Waals surface area contributed by atoms with Crippen molar-refractivity contribution >= 4 is 5.97 Å². The van der Waals surface area contributed by atoms with Gasteiger partial charge in [-0.2, -0.15) is 0 Å². The van der Waals surface area contributed by atoms with Crippen LogP contribution in [0.15, 0.2) is 0 Å². The van der Waals surface area contributed by atoms with Crippen molar-refractivity contribution in [3.63, 3.8) is 0 Å². The van der Waals surface area contributed by atoms with Gasteiger partial charge in [0, 0.05) is 5.97 Å². The Bertz CT molecular complexity index is 31.8. The zero-order chi connectivity index (χ0) is 3.58. The van der Waals surface area contributed by atoms with Gasteiger partial charge in [-0.3, -0.25) is 0 Å². The number of carbonyl (C=O) groups is 1. The maximum atomic E-state index is 8.89. The van der Waals surface area contributed by atoms with E-state index in [1.807, 2.05) is 0 Å². The van der Waals surface area contributed by atoms with Crippen molar-refractivity contribution in [2.45, 2.75) is 14.4 Å². The van der Waals surface area contributed by atoms with Gasteiger partial charge in [0.05, 0.1) is 0 Å². The number of carbonyl (C=O) groups excluding carboxylic acids is 1. The Hall–Kier alpha value is 0.470. The summed E-state index contributed by atoms with van der Waals surface area (Å²) in [6.45, 7) is 0.972. The SMILES string of the molecule is C.CC(=[18O])[18O-].[Na+]. The van der Waals surface area contributed by atoms with E-state index in [1.165, 1.54) is 0 Å². The zero-order valence-electron chi connectivity index (χ0n) is 3.32. The van der Waals surface area contributed by atoms with Crippen LogP contribution in [0.3, 0.4) is 0 Å². The van der Waals surface area contributed by atoms with E-state index in [0.29, 0.717) is 0 Å². The molecular formula is C3H7NaO2. The number of carboxylic acid groups (broad SMARTS) is 1. The van der Waals surface area contributed by atoms with Crippen LogP contribution in [0.1, 0.15) is 14.4 Å². The Morgan fingerprint density at radius 1 is 1.67 bits per heavy atom. The molecular weight excluding hydrogens is 95.0 g/mol. The number of aliphatic carboxylic acids is 1. The summed E-state index contributed by atoms with van der Waals surface area (Å²) >= 11 is 0. The van der Waals surface area contributed by atoms with E-state index in [1.54, 1.807) is 0 Å². The summed E-state index contributed by atoms with van der Waals surface area (Å²) < 4.78 is 0. The summed E-state index contributed by atoms with van der Waals surface area (Å²) in [4.78, 5) is 8.89. The first kappa shape index (κ1) is 16.1. The minimum absolute atomic E-state index is 0. The average Bonchev–Trinajstić information content (AvgIpc) is 0.811. The standard InChI is InChI=1S/C2H4O2.CH4.Na/c1-2(3)4;;/h1H3,(H,3,4);1H4;/q;;+1/p-1/i3+2,4+2;;. The molecule has 0 aromatic rings. The van der Waals surface area contributed by atoms with Crippen LogP contribution in [0.25, 0.3) is 0 Å². The molecule has 0 aliphatic carbocycles. The van der Waals surface area contributed by atoms with Crippen molar-refractivity contribution in [1.82, 2.24) is 0 Å². The van der Waals surface area contributed by atoms with Gasteiger partial charge in [0.1, 0.15) is 0 Å². The first-order chi connectivity index (χ1) is 1.73. The fraction of sp³-hybridized carbons (Fsp3) is 0.667. The molecule has 0 atom stereocenters. The molecule has 0 bridgehead atoms. The van der Waals surface area contributed by atoms with Gasteiger partial charge >= 0.3 is 29.6 Å². The number of carboxylic acids is 1. The van der Waals surface area contributed by atoms with Gasteiger partial charge in [0.2, 0.25) is 0 Å². The average molecular weight is 102 g/mol. The van der Waals surface area contributed by atoms with Gasteiger partial charge in [-0.05, 0) is 6.92 Å². The molecule has 0 rings (SSSR count). The molecule has 0 aliphatic heterocycles. The number of hydrogen-bond acceptors (Lipinski definition) is 2. The topological polar surface area (TPSA) is 40.1 Å². The van der Waals surface area contributed by atoms with Crippen LogP contribution in [-0.4, -0.2) is 5.97 Å². The fourth-order valence-corrected chi connectivity index (χ4v) is 0. The maximum absolute atomic E-state index is 8.89. The van der Waals surface area contributed by atoms with E-state index in [-0.39, 0.29) is 37.0 Å². The van der Waals surface area contributed by atoms with Gasteiger partial charge in [-0.25, -0.2) is 0 Å². The first-order valence-electron chi connectivity index (χ1n) is 0.908. The van der Waals surface area contributed by atoms with E-state index in [9.17, 15) is 0 Å². The van der Waals surface area contributed by atoms with Crippen molar-refractivity contribution in [3.05, 3.63) is 0 Å². The van der Waals surface area contributed by atoms with E-state index >= 15 is 0 Å². The van der Waals surface area contributed by atoms with E-state index < -0.39 is 5.97 Å². The third kappa shape index (κ3) is 244. The Morgan fingerprint density at radius 3 is 1.67 bits per heavy atom. The van der Waals surface area contributed by atoms with Crippen LogP contribution in [0, 0.1) is 0 Å². The van der Waals surface area contributed by atoms with Crippen molar-refractivity contribution in [2.75, 3.05) is 0 Å². The van der Waals surface area contributed by atoms with Crippen LogP contribution in [0.4, 0.5) is 0 Å². The normalized spacial score (nSPS) is 4.17. The monoisotopic (exact) mass is 102 g/mol. The summed E-state index contributed by atoms with van der Waals surface area (Å²) in [5, 5.41) is 8.89. The van der Waals surface area contributed by atoms with Crippen molar-refractivity contribution in [2.24, 2.45) is 0 Å². The minimum Gasteiger partial charge on any atom is -0.550 e. The number of hydrogen-bond donors (Lipinski definition) is 0. The molecule has 0 heterocycles. The molecule has 3 heteroatoms. The molecule has 0 spiro atoms. The van der Waals surface area contributed by atoms with Crippen molar-refractivity contribution in [1.29, 1.82) is 0 Å². The molecule has 32 valence electrons. The summed E-state index contributed by atoms with van der Waals surface area (Å²) in [6, 6.07) is 0. The molecule has 0 saturated heterocycles. The predicted octanol–water partition coefficient (Wildman–Crippen LogP) is -3.60. The molecule has 0 fully saturated rings. The van der Waals surface area contributed by atoms with Crippen molar-refractivity contribution in [3.8, 4) is 0 Å². The zero-order valence-corrected chi connectivity index (χ0v) is 5.32. The van der Waals surface area contributed by atoms with Crippen LogP contribution in [0.5, 0.6) is 0 Å². The van der Waals surface area contributed by atoms with Crippen LogP contribution < -0.4 is 34.7 Å². The van der Waals surface area contributed by atoms with Crippen molar-refractivity contribution < 1.29 is 39.5 Å². The third-order valence-corrected chi connectivity index (χ3v) is 0. The molecule has 0 aromatic heterocycles. The quantitative estimate of drug-likeness (QED) is 0.234. The van der Waals surface area contributed by atoms with Gasteiger partial charge in [-0.1, -0.05) is 7.43 Å². The molecule has 0 radical (unpaired) electrons. The molecule has 0 aliphatic rings. The molecule has 2 nitrogen and oxygen atoms in total. The van der Waals surface area contributed by atoms with Gasteiger partial charge < -0.3 is 9.90 Å². The molecule has 0 aromatic carbocycles. The summed E-state index contributed by atoms with van der Waals surface area (Å²) in [6.07, 6.45) is 0. The van der Waals surface area contributed by atoms with E-state index in [4.69, 9.17) is 9.90 Å². The van der Waals surface area contributed by atoms with E-state index in [0.717, 1.165) is 6.92 Å². The fourth-order valence-electron chi connectivity index (χ4n) is 0. The largest absolute Gasteiger partial charge is 1.00 e. The van der Waals surface area contributed by atoms with E-state index in [2.05, 4.69) is 0 Å². The summed E-state index contributed by atoms with van der Waals surface area (Å²) in [5.41, 5.74) is 0. The molecule has 0 saturated carbocycles. The Kier molecular flexibility index (Phi) is 24.3. The number of rotatable bonds is 0. The second-order valence-corrected chi connectivity index (χ2v) is 0.492. The Balaban J connectivity index is -0.0000000450. The summed E-state index contributed by atoms with van der Waals surface area (Å²) in [5.74, 6) is -1.08. The van der Waals surface area contributed by atoms with Gasteiger partial charge in [0.25, 0.3) is 0 Å². The smallest absolute Gasteiger partial charge is 0.550 e. The van der Waals surface area contributed by atoms with Gasteiger partial charge in [-0.15, -0.1) is 0 Å². The predicted molar refractivity (Wildman–Crippen MR) is 17.4 cm³/mol. The second kappa shape index (κ2) is 9.08.